The van der Waals surface area contributed by atoms with E-state index in [-0.39, 0.29) is 0 Å². The Kier molecular flexibility index (Phi) is 10.7. The van der Waals surface area contributed by atoms with Crippen molar-refractivity contribution < 1.29 is 0 Å². The van der Waals surface area contributed by atoms with Crippen molar-refractivity contribution in [2.45, 2.75) is 6.92 Å². The molecule has 0 atom stereocenters. The average Bonchev–Trinajstić information content (AvgIpc) is 3.50. The second-order valence-electron chi connectivity index (χ2n) is 19.3. The zero-order valence-corrected chi connectivity index (χ0v) is 41.1. The summed E-state index contributed by atoms with van der Waals surface area (Å²) in [6.45, 7) is 2.05. The van der Waals surface area contributed by atoms with Gasteiger partial charge in [-0.15, -0.1) is 0 Å². The van der Waals surface area contributed by atoms with E-state index < -0.39 is 0 Å². The van der Waals surface area contributed by atoms with E-state index in [1.54, 1.807) is 0 Å². The maximum absolute atomic E-state index is 5.37. The molecule has 2 heterocycles. The highest BCUT2D eigenvalue weighted by Crippen LogP contribution is 2.41. The smallest absolute Gasteiger partial charge is 0.164 e. The van der Waals surface area contributed by atoms with Crippen LogP contribution in [-0.2, 0) is 0 Å². The van der Waals surface area contributed by atoms with Crippen molar-refractivity contribution in [2.75, 3.05) is 0 Å². The summed E-state index contributed by atoms with van der Waals surface area (Å²) in [6.07, 6.45) is 8.51. The molecule has 0 spiro atoms. The van der Waals surface area contributed by atoms with Crippen LogP contribution in [0.2, 0.25) is 0 Å². The average molecular weight is 955 g/mol. The quantitative estimate of drug-likeness (QED) is 0.112. The number of allylic oxidation sites excluding steroid dienone is 3. The summed E-state index contributed by atoms with van der Waals surface area (Å²) in [7, 11) is 0. The first-order chi connectivity index (χ1) is 37.1. The van der Waals surface area contributed by atoms with Crippen molar-refractivity contribution >= 4 is 81.6 Å². The summed E-state index contributed by atoms with van der Waals surface area (Å²) in [5.41, 5.74) is 11.5. The molecule has 12 aromatic carbocycles. The second kappa shape index (κ2) is 18.3. The number of aromatic nitrogens is 4. The first-order valence-electron chi connectivity index (χ1n) is 25.6. The number of rotatable bonds is 8. The molecule has 0 saturated heterocycles. The largest absolute Gasteiger partial charge is 0.247 e. The normalized spacial score (nSPS) is 12.0. The third-order valence-corrected chi connectivity index (χ3v) is 14.8. The van der Waals surface area contributed by atoms with E-state index in [4.69, 9.17) is 19.9 Å². The molecule has 4 heteroatoms. The summed E-state index contributed by atoms with van der Waals surface area (Å²) >= 11 is 0. The van der Waals surface area contributed by atoms with Gasteiger partial charge in [0.25, 0.3) is 0 Å². The number of pyridine rings is 1. The zero-order chi connectivity index (χ0) is 49.8. The maximum Gasteiger partial charge on any atom is 0.164 e. The molecule has 2 aromatic heterocycles. The van der Waals surface area contributed by atoms with E-state index >= 15 is 0 Å². The van der Waals surface area contributed by atoms with Crippen LogP contribution in [0, 0.1) is 0 Å². The van der Waals surface area contributed by atoms with Gasteiger partial charge < -0.3 is 0 Å². The minimum atomic E-state index is 0.618. The Bertz CT molecular complexity index is 4510. The van der Waals surface area contributed by atoms with Crippen molar-refractivity contribution in [3.8, 4) is 67.7 Å². The fourth-order valence-corrected chi connectivity index (χ4v) is 11.1. The number of para-hydroxylation sites is 1. The lowest BCUT2D eigenvalue weighted by molar-refractivity contribution is 1.08. The molecule has 0 saturated carbocycles. The molecule has 0 aliphatic rings. The molecule has 14 rings (SSSR count). The van der Waals surface area contributed by atoms with Crippen LogP contribution in [-0.4, -0.2) is 19.9 Å². The van der Waals surface area contributed by atoms with Crippen molar-refractivity contribution in [3.63, 3.8) is 0 Å². The van der Waals surface area contributed by atoms with Gasteiger partial charge in [-0.05, 0) is 125 Å². The molecule has 350 valence electrons. The second-order valence-corrected chi connectivity index (χ2v) is 19.3. The molecular weight excluding hydrogens is 909 g/mol. The van der Waals surface area contributed by atoms with Crippen LogP contribution in [0.1, 0.15) is 12.5 Å². The highest BCUT2D eigenvalue weighted by molar-refractivity contribution is 6.17. The molecular formula is C71H46N4. The van der Waals surface area contributed by atoms with Crippen molar-refractivity contribution in [1.29, 1.82) is 0 Å². The van der Waals surface area contributed by atoms with Crippen molar-refractivity contribution in [3.05, 3.63) is 260 Å². The van der Waals surface area contributed by atoms with Gasteiger partial charge in [0, 0.05) is 38.4 Å². The molecule has 0 amide bonds. The third kappa shape index (κ3) is 7.79. The Morgan fingerprint density at radius 2 is 0.760 bits per heavy atom. The monoisotopic (exact) mass is 954 g/mol. The van der Waals surface area contributed by atoms with Gasteiger partial charge in [0.1, 0.15) is 0 Å². The first kappa shape index (κ1) is 43.9. The minimum Gasteiger partial charge on any atom is -0.247 e. The summed E-state index contributed by atoms with van der Waals surface area (Å²) in [4.78, 5) is 21.4. The minimum absolute atomic E-state index is 0.618. The lowest BCUT2D eigenvalue weighted by atomic mass is 9.91. The van der Waals surface area contributed by atoms with Gasteiger partial charge in [0.05, 0.1) is 11.2 Å². The van der Waals surface area contributed by atoms with Gasteiger partial charge in [-0.1, -0.05) is 224 Å². The fourth-order valence-electron chi connectivity index (χ4n) is 11.1. The van der Waals surface area contributed by atoms with Gasteiger partial charge in [-0.25, -0.2) is 19.9 Å². The fraction of sp³-hybridized carbons (Fsp3) is 0.0141. The van der Waals surface area contributed by atoms with E-state index in [0.717, 1.165) is 93.6 Å². The Balaban J connectivity index is 0.875. The molecule has 0 bridgehead atoms. The zero-order valence-electron chi connectivity index (χ0n) is 41.1. The number of benzene rings is 12. The van der Waals surface area contributed by atoms with Crippen LogP contribution < -0.4 is 0 Å². The first-order valence-corrected chi connectivity index (χ1v) is 25.6. The summed E-state index contributed by atoms with van der Waals surface area (Å²) < 4.78 is 0. The number of hydrogen-bond acceptors (Lipinski definition) is 4. The standard InChI is InChI=1S/C71H46N4/c1-2-3-4-21-53-41-55(44-65-67(53)62-28-15-16-29-66(62)72-68(65)54-39-36-45-17-5-6-18-50(45)40-54)48-32-30-46(31-33-48)47-34-37-49(38-35-47)69-73-70(63-42-51-19-7-9-22-56(51)58-24-11-13-26-60(58)63)75-71(74-69)64-43-52-20-8-10-23-57(52)59-25-12-14-27-61(59)64/h2-44H,1H3/b3-2-,21-4-. The molecule has 0 aliphatic heterocycles. The van der Waals surface area contributed by atoms with Gasteiger partial charge in [0.15, 0.2) is 17.5 Å². The van der Waals surface area contributed by atoms with E-state index in [1.165, 1.54) is 37.7 Å². The number of nitrogens with zero attached hydrogens (tertiary/aromatic N) is 4. The van der Waals surface area contributed by atoms with E-state index in [9.17, 15) is 0 Å². The van der Waals surface area contributed by atoms with Crippen LogP contribution in [0.5, 0.6) is 0 Å². The molecule has 0 N–H and O–H groups in total. The lowest BCUT2D eigenvalue weighted by Gasteiger charge is -2.16. The Morgan fingerprint density at radius 1 is 0.293 bits per heavy atom. The van der Waals surface area contributed by atoms with Gasteiger partial charge in [-0.3, -0.25) is 0 Å². The summed E-state index contributed by atoms with van der Waals surface area (Å²) in [5.74, 6) is 1.89. The van der Waals surface area contributed by atoms with E-state index in [0.29, 0.717) is 17.5 Å². The number of fused-ring (bicyclic) bond motifs is 10. The third-order valence-electron chi connectivity index (χ3n) is 14.8. The van der Waals surface area contributed by atoms with Crippen LogP contribution >= 0.6 is 0 Å². The molecule has 0 unspecified atom stereocenters. The molecule has 4 nitrogen and oxygen atoms in total. The maximum atomic E-state index is 5.37. The van der Waals surface area contributed by atoms with Crippen molar-refractivity contribution in [1.82, 2.24) is 19.9 Å². The van der Waals surface area contributed by atoms with E-state index in [1.807, 2.05) is 6.92 Å². The van der Waals surface area contributed by atoms with Gasteiger partial charge in [0.2, 0.25) is 0 Å². The topological polar surface area (TPSA) is 51.6 Å². The molecule has 0 radical (unpaired) electrons. The van der Waals surface area contributed by atoms with Gasteiger partial charge >= 0.3 is 0 Å². The van der Waals surface area contributed by atoms with Crippen molar-refractivity contribution in [2.24, 2.45) is 0 Å². The molecule has 0 fully saturated rings. The molecule has 75 heavy (non-hydrogen) atoms. The Morgan fingerprint density at radius 3 is 1.36 bits per heavy atom. The lowest BCUT2D eigenvalue weighted by Crippen LogP contribution is -2.01. The predicted molar refractivity (Wildman–Crippen MR) is 317 cm³/mol. The predicted octanol–water partition coefficient (Wildman–Crippen LogP) is 18.9. The van der Waals surface area contributed by atoms with Crippen LogP contribution in [0.15, 0.2) is 255 Å². The molecule has 14 aromatic rings. The number of hydrogen-bond donors (Lipinski definition) is 0. The molecule has 0 aliphatic carbocycles. The summed E-state index contributed by atoms with van der Waals surface area (Å²) in [5, 5.41) is 15.1. The van der Waals surface area contributed by atoms with E-state index in [2.05, 4.69) is 261 Å². The van der Waals surface area contributed by atoms with Crippen LogP contribution in [0.25, 0.3) is 149 Å². The highest BCUT2D eigenvalue weighted by atomic mass is 15.0. The van der Waals surface area contributed by atoms with Gasteiger partial charge in [-0.2, -0.15) is 0 Å². The van der Waals surface area contributed by atoms with Crippen LogP contribution in [0.3, 0.4) is 0 Å². The van der Waals surface area contributed by atoms with Crippen LogP contribution in [0.4, 0.5) is 0 Å². The Hall–Kier alpha value is -9.90. The summed E-state index contributed by atoms with van der Waals surface area (Å²) in [6, 6.07) is 84.6. The highest BCUT2D eigenvalue weighted by Gasteiger charge is 2.20. The Labute approximate surface area is 434 Å². The SMILES string of the molecule is C/C=C\C=C/c1cc(-c2ccc(-c3ccc(-c4nc(-c5cc6ccccc6c6ccccc56)nc(-c5cc6ccccc6c6ccccc56)n4)cc3)cc2)cc2c(-c3ccc4ccccc4c3)nc3ccccc3c12.